The molecular formula is C19H16N4O3S2. The predicted octanol–water partition coefficient (Wildman–Crippen LogP) is 4.19. The number of fused-ring (bicyclic) bond motifs is 1. The molecule has 142 valence electrons. The van der Waals surface area contributed by atoms with Gasteiger partial charge in [-0.2, -0.15) is 8.42 Å². The summed E-state index contributed by atoms with van der Waals surface area (Å²) in [5, 5.41) is 6.39. The maximum atomic E-state index is 10.9. The fourth-order valence-corrected chi connectivity index (χ4v) is 4.21. The van der Waals surface area contributed by atoms with E-state index in [1.165, 1.54) is 6.33 Å². The fourth-order valence-electron chi connectivity index (χ4n) is 2.86. The molecule has 0 saturated heterocycles. The summed E-state index contributed by atoms with van der Waals surface area (Å²) in [5.74, 6) is 0.741. The molecule has 0 radical (unpaired) electrons. The summed E-state index contributed by atoms with van der Waals surface area (Å²) in [5.41, 5.74) is 3.41. The van der Waals surface area contributed by atoms with Gasteiger partial charge in [0.2, 0.25) is 0 Å². The number of aromatic nitrogens is 2. The van der Waals surface area contributed by atoms with Gasteiger partial charge < -0.3 is 5.32 Å². The normalized spacial score (nSPS) is 11.5. The Morgan fingerprint density at radius 2 is 1.75 bits per heavy atom. The lowest BCUT2D eigenvalue weighted by atomic mass is 10.1. The van der Waals surface area contributed by atoms with Crippen molar-refractivity contribution < 1.29 is 13.0 Å². The lowest BCUT2D eigenvalue weighted by molar-refractivity contribution is 0.489. The van der Waals surface area contributed by atoms with Crippen LogP contribution < -0.4 is 10.0 Å². The third-order valence-corrected chi connectivity index (χ3v) is 5.50. The first-order chi connectivity index (χ1) is 13.5. The molecule has 0 atom stereocenters. The standard InChI is InChI=1S/C19H16N4O3S2/c24-28(25,26)23-15-8-6-13(7-9-15)10-20-18-17-16(14-4-2-1-3-5-14)11-27-19(17)22-12-21-18/h1-9,11-12,23H,10H2,(H,20,21,22)(H,24,25,26). The molecule has 0 aliphatic heterocycles. The highest BCUT2D eigenvalue weighted by Gasteiger charge is 2.13. The highest BCUT2D eigenvalue weighted by Crippen LogP contribution is 2.36. The number of nitrogens with one attached hydrogen (secondary N) is 2. The van der Waals surface area contributed by atoms with E-state index in [2.05, 4.69) is 32.8 Å². The van der Waals surface area contributed by atoms with Crippen molar-refractivity contribution in [2.45, 2.75) is 6.54 Å². The Bertz CT molecular complexity index is 1210. The molecule has 0 aliphatic rings. The van der Waals surface area contributed by atoms with Crippen LogP contribution in [0, 0.1) is 0 Å². The Kier molecular flexibility index (Phi) is 4.95. The molecule has 0 fully saturated rings. The van der Waals surface area contributed by atoms with Gasteiger partial charge >= 0.3 is 10.3 Å². The average Bonchev–Trinajstić information content (AvgIpc) is 3.12. The molecule has 2 aromatic heterocycles. The van der Waals surface area contributed by atoms with Crippen LogP contribution in [0.4, 0.5) is 11.5 Å². The van der Waals surface area contributed by atoms with Crippen molar-refractivity contribution in [1.29, 1.82) is 0 Å². The molecule has 28 heavy (non-hydrogen) atoms. The van der Waals surface area contributed by atoms with Crippen LogP contribution in [-0.2, 0) is 16.8 Å². The summed E-state index contributed by atoms with van der Waals surface area (Å²) in [7, 11) is -4.28. The maximum Gasteiger partial charge on any atom is 0.357 e. The molecular weight excluding hydrogens is 396 g/mol. The summed E-state index contributed by atoms with van der Waals surface area (Å²) in [6.07, 6.45) is 1.54. The summed E-state index contributed by atoms with van der Waals surface area (Å²) in [6, 6.07) is 16.8. The Hall–Kier alpha value is -3.01. The van der Waals surface area contributed by atoms with Crippen LogP contribution in [0.2, 0.25) is 0 Å². The first-order valence-corrected chi connectivity index (χ1v) is 10.7. The van der Waals surface area contributed by atoms with E-state index in [9.17, 15) is 8.42 Å². The predicted molar refractivity (Wildman–Crippen MR) is 112 cm³/mol. The van der Waals surface area contributed by atoms with Gasteiger partial charge in [-0.05, 0) is 23.3 Å². The lowest BCUT2D eigenvalue weighted by Crippen LogP contribution is -2.10. The minimum Gasteiger partial charge on any atom is -0.365 e. The van der Waals surface area contributed by atoms with Crippen molar-refractivity contribution in [2.75, 3.05) is 10.0 Å². The second kappa shape index (κ2) is 7.55. The second-order valence-electron chi connectivity index (χ2n) is 6.05. The zero-order valence-corrected chi connectivity index (χ0v) is 16.2. The van der Waals surface area contributed by atoms with Gasteiger partial charge in [-0.15, -0.1) is 11.3 Å². The quantitative estimate of drug-likeness (QED) is 0.410. The van der Waals surface area contributed by atoms with Gasteiger partial charge in [0.05, 0.1) is 11.1 Å². The highest BCUT2D eigenvalue weighted by atomic mass is 32.2. The van der Waals surface area contributed by atoms with Gasteiger partial charge in [-0.3, -0.25) is 9.27 Å². The SMILES string of the molecule is O=S(=O)(O)Nc1ccc(CNc2ncnc3scc(-c4ccccc4)c23)cc1. The molecule has 9 heteroatoms. The number of hydrogen-bond donors (Lipinski definition) is 3. The zero-order valence-electron chi connectivity index (χ0n) is 14.5. The second-order valence-corrected chi connectivity index (χ2v) is 8.06. The highest BCUT2D eigenvalue weighted by molar-refractivity contribution is 7.87. The van der Waals surface area contributed by atoms with Crippen molar-refractivity contribution in [3.63, 3.8) is 0 Å². The molecule has 0 saturated carbocycles. The van der Waals surface area contributed by atoms with Gasteiger partial charge in [0.15, 0.2) is 0 Å². The molecule has 0 bridgehead atoms. The minimum absolute atomic E-state index is 0.292. The van der Waals surface area contributed by atoms with Crippen molar-refractivity contribution in [2.24, 2.45) is 0 Å². The Labute approximate surface area is 166 Å². The van der Waals surface area contributed by atoms with Crippen LogP contribution in [0.15, 0.2) is 66.3 Å². The first kappa shape index (κ1) is 18.4. The molecule has 0 aliphatic carbocycles. The molecule has 0 amide bonds. The summed E-state index contributed by atoms with van der Waals surface area (Å²) in [6.45, 7) is 0.502. The third kappa shape index (κ3) is 4.11. The van der Waals surface area contributed by atoms with Crippen molar-refractivity contribution >= 4 is 43.4 Å². The van der Waals surface area contributed by atoms with Gasteiger partial charge in [-0.1, -0.05) is 42.5 Å². The van der Waals surface area contributed by atoms with E-state index >= 15 is 0 Å². The van der Waals surface area contributed by atoms with Crippen LogP contribution in [0.5, 0.6) is 0 Å². The van der Waals surface area contributed by atoms with E-state index in [1.54, 1.807) is 35.6 Å². The number of thiophene rings is 1. The Morgan fingerprint density at radius 1 is 1.00 bits per heavy atom. The van der Waals surface area contributed by atoms with Gasteiger partial charge in [0.25, 0.3) is 0 Å². The monoisotopic (exact) mass is 412 g/mol. The van der Waals surface area contributed by atoms with Gasteiger partial charge in [-0.25, -0.2) is 9.97 Å². The van der Waals surface area contributed by atoms with Crippen LogP contribution in [0.1, 0.15) is 5.56 Å². The van der Waals surface area contributed by atoms with Crippen LogP contribution in [-0.4, -0.2) is 22.9 Å². The Balaban J connectivity index is 1.58. The van der Waals surface area contributed by atoms with Crippen molar-refractivity contribution in [3.8, 4) is 11.1 Å². The van der Waals surface area contributed by atoms with E-state index in [-0.39, 0.29) is 0 Å². The average molecular weight is 412 g/mol. The molecule has 4 aromatic rings. The van der Waals surface area contributed by atoms with Crippen LogP contribution in [0.25, 0.3) is 21.3 Å². The lowest BCUT2D eigenvalue weighted by Gasteiger charge is -2.09. The van der Waals surface area contributed by atoms with Crippen LogP contribution in [0.3, 0.4) is 0 Å². The summed E-state index contributed by atoms with van der Waals surface area (Å²) < 4.78 is 32.6. The van der Waals surface area contributed by atoms with E-state index in [1.807, 2.05) is 22.9 Å². The molecule has 0 unspecified atom stereocenters. The van der Waals surface area contributed by atoms with E-state index in [0.717, 1.165) is 32.7 Å². The van der Waals surface area contributed by atoms with Gasteiger partial charge in [0, 0.05) is 17.5 Å². The molecule has 2 heterocycles. The maximum absolute atomic E-state index is 10.9. The zero-order chi connectivity index (χ0) is 19.6. The van der Waals surface area contributed by atoms with E-state index in [4.69, 9.17) is 4.55 Å². The molecule has 0 spiro atoms. The first-order valence-electron chi connectivity index (χ1n) is 8.35. The van der Waals surface area contributed by atoms with Crippen LogP contribution >= 0.6 is 11.3 Å². The minimum atomic E-state index is -4.28. The molecule has 7 nitrogen and oxygen atoms in total. The number of benzene rings is 2. The van der Waals surface area contributed by atoms with Gasteiger partial charge in [0.1, 0.15) is 17.0 Å². The number of rotatable bonds is 6. The van der Waals surface area contributed by atoms with E-state index < -0.39 is 10.3 Å². The fraction of sp³-hybridized carbons (Fsp3) is 0.0526. The molecule has 2 aromatic carbocycles. The van der Waals surface area contributed by atoms with E-state index in [0.29, 0.717) is 12.2 Å². The molecule has 3 N–H and O–H groups in total. The number of nitrogens with zero attached hydrogens (tertiary/aromatic N) is 2. The van der Waals surface area contributed by atoms with Crippen molar-refractivity contribution in [3.05, 3.63) is 71.9 Å². The summed E-state index contributed by atoms with van der Waals surface area (Å²) in [4.78, 5) is 9.68. The Morgan fingerprint density at radius 3 is 2.46 bits per heavy atom. The number of anilines is 2. The largest absolute Gasteiger partial charge is 0.365 e. The number of hydrogen-bond acceptors (Lipinski definition) is 6. The molecule has 4 rings (SSSR count). The smallest absolute Gasteiger partial charge is 0.357 e. The summed E-state index contributed by atoms with van der Waals surface area (Å²) >= 11 is 1.57. The van der Waals surface area contributed by atoms with Crippen molar-refractivity contribution in [1.82, 2.24) is 9.97 Å². The topological polar surface area (TPSA) is 104 Å². The third-order valence-electron chi connectivity index (χ3n) is 4.12.